The Morgan fingerprint density at radius 1 is 1.10 bits per heavy atom. The molecule has 0 aromatic heterocycles. The number of nitrogens with zero attached hydrogens (tertiary/aromatic N) is 3. The van der Waals surface area contributed by atoms with Gasteiger partial charge in [0.1, 0.15) is 0 Å². The molecule has 30 heavy (non-hydrogen) atoms. The summed E-state index contributed by atoms with van der Waals surface area (Å²) < 4.78 is 0. The van der Waals surface area contributed by atoms with Gasteiger partial charge in [0, 0.05) is 50.2 Å². The number of likely N-dealkylation sites (N-methyl/N-ethyl adjacent to an activating group) is 2. The molecule has 1 N–H and O–H groups in total. The van der Waals surface area contributed by atoms with E-state index in [0.717, 1.165) is 43.7 Å². The van der Waals surface area contributed by atoms with Crippen molar-refractivity contribution in [1.82, 2.24) is 10.2 Å². The largest absolute Gasteiger partial charge is 0.371 e. The van der Waals surface area contributed by atoms with E-state index in [0.29, 0.717) is 12.1 Å². The van der Waals surface area contributed by atoms with Gasteiger partial charge in [-0.25, -0.2) is 0 Å². The number of hydrogen-bond donors (Lipinski definition) is 1. The smallest absolute Gasteiger partial charge is 0.251 e. The van der Waals surface area contributed by atoms with Crippen molar-refractivity contribution < 1.29 is 9.59 Å². The van der Waals surface area contributed by atoms with Gasteiger partial charge in [0.05, 0.1) is 5.41 Å². The van der Waals surface area contributed by atoms with Gasteiger partial charge in [0.2, 0.25) is 5.91 Å². The van der Waals surface area contributed by atoms with Crippen LogP contribution in [0.25, 0.3) is 0 Å². The molecule has 2 aromatic rings. The Balaban J connectivity index is 1.57. The van der Waals surface area contributed by atoms with Crippen molar-refractivity contribution in [2.45, 2.75) is 18.3 Å². The maximum Gasteiger partial charge on any atom is 0.251 e. The summed E-state index contributed by atoms with van der Waals surface area (Å²) in [5, 5.41) is 2.98. The lowest BCUT2D eigenvalue weighted by molar-refractivity contribution is -0.123. The zero-order chi connectivity index (χ0) is 21.3. The Morgan fingerprint density at radius 3 is 2.47 bits per heavy atom. The molecule has 1 spiro atoms. The summed E-state index contributed by atoms with van der Waals surface area (Å²) in [5.41, 5.74) is 3.22. The minimum absolute atomic E-state index is 0.0847. The quantitative estimate of drug-likeness (QED) is 0.829. The summed E-state index contributed by atoms with van der Waals surface area (Å²) >= 11 is 0. The Morgan fingerprint density at radius 2 is 1.80 bits per heavy atom. The van der Waals surface area contributed by atoms with Gasteiger partial charge in [-0.1, -0.05) is 18.2 Å². The van der Waals surface area contributed by atoms with Gasteiger partial charge in [0.25, 0.3) is 5.91 Å². The molecule has 2 aromatic carbocycles. The Hall–Kier alpha value is -2.86. The van der Waals surface area contributed by atoms with Crippen molar-refractivity contribution >= 4 is 23.2 Å². The Kier molecular flexibility index (Phi) is 5.52. The molecule has 158 valence electrons. The molecule has 6 nitrogen and oxygen atoms in total. The van der Waals surface area contributed by atoms with Gasteiger partial charge in [-0.2, -0.15) is 0 Å². The standard InChI is InChI=1S/C24H30N4O2/c1-26(2)16-13-25-22(29)18-9-10-21-20(17-18)24(23(30)27(21)3)11-14-28(15-12-24)19-7-5-4-6-8-19/h4-10,17H,11-16H2,1-3H3,(H,25,29). The van der Waals surface area contributed by atoms with Gasteiger partial charge < -0.3 is 20.0 Å². The van der Waals surface area contributed by atoms with E-state index in [4.69, 9.17) is 0 Å². The third-order valence-electron chi connectivity index (χ3n) is 6.43. The monoisotopic (exact) mass is 406 g/mol. The summed E-state index contributed by atoms with van der Waals surface area (Å²) in [6.07, 6.45) is 1.51. The molecular formula is C24H30N4O2. The number of fused-ring (bicyclic) bond motifs is 2. The highest BCUT2D eigenvalue weighted by atomic mass is 16.2. The first-order valence-electron chi connectivity index (χ1n) is 10.6. The number of carbonyl (C=O) groups excluding carboxylic acids is 2. The number of para-hydroxylation sites is 1. The lowest BCUT2D eigenvalue weighted by Gasteiger charge is -2.39. The fourth-order valence-electron chi connectivity index (χ4n) is 4.66. The van der Waals surface area contributed by atoms with E-state index in [1.807, 2.05) is 62.4 Å². The van der Waals surface area contributed by atoms with Crippen molar-refractivity contribution in [2.75, 3.05) is 57.1 Å². The molecule has 1 fully saturated rings. The van der Waals surface area contributed by atoms with E-state index in [9.17, 15) is 9.59 Å². The predicted molar refractivity (Wildman–Crippen MR) is 120 cm³/mol. The summed E-state index contributed by atoms with van der Waals surface area (Å²) in [5.74, 6) is 0.0638. The molecule has 2 heterocycles. The van der Waals surface area contributed by atoms with Gasteiger partial charge in [-0.15, -0.1) is 0 Å². The first-order valence-corrected chi connectivity index (χ1v) is 10.6. The summed E-state index contributed by atoms with van der Waals surface area (Å²) in [4.78, 5) is 32.1. The molecule has 0 aliphatic carbocycles. The number of hydrogen-bond acceptors (Lipinski definition) is 4. The second-order valence-electron chi connectivity index (χ2n) is 8.56. The van der Waals surface area contributed by atoms with Gasteiger partial charge >= 0.3 is 0 Å². The second-order valence-corrected chi connectivity index (χ2v) is 8.56. The van der Waals surface area contributed by atoms with Crippen molar-refractivity contribution in [2.24, 2.45) is 0 Å². The van der Waals surface area contributed by atoms with E-state index in [1.165, 1.54) is 5.69 Å². The molecular weight excluding hydrogens is 376 g/mol. The third-order valence-corrected chi connectivity index (χ3v) is 6.43. The van der Waals surface area contributed by atoms with E-state index in [-0.39, 0.29) is 11.8 Å². The number of nitrogens with one attached hydrogen (secondary N) is 1. The number of anilines is 2. The van der Waals surface area contributed by atoms with Crippen LogP contribution in [0.2, 0.25) is 0 Å². The zero-order valence-corrected chi connectivity index (χ0v) is 18.0. The van der Waals surface area contributed by atoms with E-state index < -0.39 is 5.41 Å². The molecule has 2 amide bonds. The second kappa shape index (κ2) is 8.11. The normalized spacial score (nSPS) is 17.5. The fraction of sp³-hybridized carbons (Fsp3) is 0.417. The van der Waals surface area contributed by atoms with E-state index in [1.54, 1.807) is 4.90 Å². The number of amides is 2. The summed E-state index contributed by atoms with van der Waals surface area (Å²) in [6, 6.07) is 16.0. The van der Waals surface area contributed by atoms with E-state index >= 15 is 0 Å². The van der Waals surface area contributed by atoms with Crippen LogP contribution < -0.4 is 15.1 Å². The molecule has 2 aliphatic heterocycles. The van der Waals surface area contributed by atoms with E-state index in [2.05, 4.69) is 22.3 Å². The molecule has 0 radical (unpaired) electrons. The first kappa shape index (κ1) is 20.4. The SMILES string of the molecule is CN(C)CCNC(=O)c1ccc2c(c1)C1(CCN(c3ccccc3)CC1)C(=O)N2C. The summed E-state index contributed by atoms with van der Waals surface area (Å²) in [6.45, 7) is 3.03. The molecule has 2 aliphatic rings. The molecule has 1 saturated heterocycles. The molecule has 0 saturated carbocycles. The van der Waals surface area contributed by atoms with Crippen molar-refractivity contribution in [1.29, 1.82) is 0 Å². The minimum atomic E-state index is -0.532. The van der Waals surface area contributed by atoms with Crippen LogP contribution in [-0.4, -0.2) is 64.0 Å². The molecule has 0 atom stereocenters. The number of piperidine rings is 1. The topological polar surface area (TPSA) is 55.9 Å². The number of benzene rings is 2. The predicted octanol–water partition coefficient (Wildman–Crippen LogP) is 2.49. The maximum atomic E-state index is 13.3. The van der Waals surface area contributed by atoms with Crippen LogP contribution in [0, 0.1) is 0 Å². The maximum absolute atomic E-state index is 13.3. The van der Waals surface area contributed by atoms with Gasteiger partial charge in [-0.3, -0.25) is 9.59 Å². The highest BCUT2D eigenvalue weighted by molar-refractivity contribution is 6.09. The van der Waals surface area contributed by atoms with Crippen molar-refractivity contribution in [3.8, 4) is 0 Å². The van der Waals surface area contributed by atoms with Crippen LogP contribution in [0.4, 0.5) is 11.4 Å². The lowest BCUT2D eigenvalue weighted by Crippen LogP contribution is -2.48. The van der Waals surface area contributed by atoms with Gasteiger partial charge in [0.15, 0.2) is 0 Å². The summed E-state index contributed by atoms with van der Waals surface area (Å²) in [7, 11) is 5.81. The van der Waals surface area contributed by atoms with Crippen molar-refractivity contribution in [3.05, 3.63) is 59.7 Å². The Labute approximate surface area is 178 Å². The molecule has 4 rings (SSSR count). The van der Waals surface area contributed by atoms with Crippen LogP contribution in [-0.2, 0) is 10.2 Å². The average Bonchev–Trinajstić information content (AvgIpc) is 2.96. The Bertz CT molecular complexity index is 933. The highest BCUT2D eigenvalue weighted by Gasteiger charge is 2.51. The van der Waals surface area contributed by atoms with Crippen LogP contribution in [0.1, 0.15) is 28.8 Å². The molecule has 0 unspecified atom stereocenters. The fourth-order valence-corrected chi connectivity index (χ4v) is 4.66. The molecule has 6 heteroatoms. The van der Waals surface area contributed by atoms with Crippen LogP contribution in [0.15, 0.2) is 48.5 Å². The first-order chi connectivity index (χ1) is 14.4. The van der Waals surface area contributed by atoms with Gasteiger partial charge in [-0.05, 0) is 62.8 Å². The van der Waals surface area contributed by atoms with Crippen LogP contribution in [0.5, 0.6) is 0 Å². The average molecular weight is 407 g/mol. The number of rotatable bonds is 5. The number of carbonyl (C=O) groups is 2. The molecule has 0 bridgehead atoms. The lowest BCUT2D eigenvalue weighted by atomic mass is 9.73. The minimum Gasteiger partial charge on any atom is -0.371 e. The van der Waals surface area contributed by atoms with Crippen molar-refractivity contribution in [3.63, 3.8) is 0 Å². The zero-order valence-electron chi connectivity index (χ0n) is 18.0. The third kappa shape index (κ3) is 3.56. The highest BCUT2D eigenvalue weighted by Crippen LogP contribution is 2.48. The van der Waals surface area contributed by atoms with Crippen LogP contribution >= 0.6 is 0 Å². The van der Waals surface area contributed by atoms with Crippen LogP contribution in [0.3, 0.4) is 0 Å².